The van der Waals surface area contributed by atoms with Gasteiger partial charge in [-0.05, 0) is 11.6 Å². The maximum absolute atomic E-state index is 11.6. The van der Waals surface area contributed by atoms with Gasteiger partial charge in [-0.3, -0.25) is 0 Å². The lowest BCUT2D eigenvalue weighted by atomic mass is 10.1. The Hall–Kier alpha value is -2.02. The van der Waals surface area contributed by atoms with E-state index in [-0.39, 0.29) is 6.03 Å². The molecule has 0 heterocycles. The summed E-state index contributed by atoms with van der Waals surface area (Å²) < 4.78 is 0. The summed E-state index contributed by atoms with van der Waals surface area (Å²) >= 11 is 0. The van der Waals surface area contributed by atoms with Crippen molar-refractivity contribution in [3.63, 3.8) is 0 Å². The molecule has 2 amide bonds. The second kappa shape index (κ2) is 5.17. The number of carbonyl (C=O) groups excluding carboxylic acids is 1. The first kappa shape index (κ1) is 12.1. The Morgan fingerprint density at radius 2 is 1.94 bits per heavy atom. The molecule has 0 aliphatic carbocycles. The summed E-state index contributed by atoms with van der Waals surface area (Å²) in [4.78, 5) is 14.7. The van der Waals surface area contributed by atoms with Crippen molar-refractivity contribution < 1.29 is 4.79 Å². The van der Waals surface area contributed by atoms with Gasteiger partial charge in [0.1, 0.15) is 0 Å². The number of nitriles is 1. The summed E-state index contributed by atoms with van der Waals surface area (Å²) in [5.74, 6) is 0. The topological polar surface area (TPSA) is 47.3 Å². The lowest BCUT2D eigenvalue weighted by Crippen LogP contribution is -2.35. The lowest BCUT2D eigenvalue weighted by molar-refractivity contribution is 0.180. The van der Waals surface area contributed by atoms with Crippen LogP contribution in [0.15, 0.2) is 24.3 Å². The fourth-order valence-corrected chi connectivity index (χ4v) is 1.43. The molecule has 0 N–H and O–H groups in total. The highest BCUT2D eigenvalue weighted by atomic mass is 16.2. The molecule has 0 fully saturated rings. The quantitative estimate of drug-likeness (QED) is 0.756. The predicted molar refractivity (Wildman–Crippen MR) is 61.7 cm³/mol. The zero-order chi connectivity index (χ0) is 12.1. The molecule has 0 bridgehead atoms. The predicted octanol–water partition coefficient (Wildman–Crippen LogP) is 1.67. The first-order chi connectivity index (χ1) is 7.56. The van der Waals surface area contributed by atoms with Crippen LogP contribution in [0, 0.1) is 11.3 Å². The average Bonchev–Trinajstić information content (AvgIpc) is 2.28. The summed E-state index contributed by atoms with van der Waals surface area (Å²) in [7, 11) is 5.13. The third kappa shape index (κ3) is 2.74. The van der Waals surface area contributed by atoms with Crippen molar-refractivity contribution in [2.24, 2.45) is 0 Å². The van der Waals surface area contributed by atoms with E-state index in [0.29, 0.717) is 12.1 Å². The normalized spacial score (nSPS) is 9.38. The Labute approximate surface area is 95.7 Å². The molecular formula is C12H15N3O. The van der Waals surface area contributed by atoms with E-state index in [0.717, 1.165) is 5.56 Å². The van der Waals surface area contributed by atoms with Gasteiger partial charge in [-0.25, -0.2) is 4.79 Å². The van der Waals surface area contributed by atoms with Crippen molar-refractivity contribution in [3.05, 3.63) is 35.4 Å². The van der Waals surface area contributed by atoms with Crippen molar-refractivity contribution >= 4 is 6.03 Å². The van der Waals surface area contributed by atoms with Crippen LogP contribution in [0.3, 0.4) is 0 Å². The molecule has 0 saturated carbocycles. The van der Waals surface area contributed by atoms with Gasteiger partial charge >= 0.3 is 6.03 Å². The number of nitrogens with zero attached hydrogens (tertiary/aromatic N) is 3. The third-order valence-electron chi connectivity index (χ3n) is 2.25. The Bertz CT molecular complexity index is 421. The molecule has 0 radical (unpaired) electrons. The summed E-state index contributed by atoms with van der Waals surface area (Å²) in [5.41, 5.74) is 1.48. The molecule has 0 unspecified atom stereocenters. The van der Waals surface area contributed by atoms with Gasteiger partial charge in [0, 0.05) is 27.7 Å². The zero-order valence-electron chi connectivity index (χ0n) is 9.77. The van der Waals surface area contributed by atoms with Crippen molar-refractivity contribution in [3.8, 4) is 6.07 Å². The molecule has 1 aromatic carbocycles. The third-order valence-corrected chi connectivity index (χ3v) is 2.25. The summed E-state index contributed by atoms with van der Waals surface area (Å²) in [6.07, 6.45) is 0. The summed E-state index contributed by atoms with van der Waals surface area (Å²) in [6.45, 7) is 0.445. The number of carbonyl (C=O) groups is 1. The average molecular weight is 217 g/mol. The lowest BCUT2D eigenvalue weighted by Gasteiger charge is -2.22. The smallest absolute Gasteiger partial charge is 0.319 e. The van der Waals surface area contributed by atoms with E-state index >= 15 is 0 Å². The van der Waals surface area contributed by atoms with Crippen LogP contribution in [0.2, 0.25) is 0 Å². The van der Waals surface area contributed by atoms with Gasteiger partial charge in [0.05, 0.1) is 11.6 Å². The second-order valence-electron chi connectivity index (χ2n) is 3.80. The monoisotopic (exact) mass is 217 g/mol. The van der Waals surface area contributed by atoms with Gasteiger partial charge in [0.15, 0.2) is 0 Å². The van der Waals surface area contributed by atoms with Crippen LogP contribution in [0.1, 0.15) is 11.1 Å². The fourth-order valence-electron chi connectivity index (χ4n) is 1.43. The van der Waals surface area contributed by atoms with E-state index in [1.165, 1.54) is 4.90 Å². The highest BCUT2D eigenvalue weighted by Crippen LogP contribution is 2.10. The largest absolute Gasteiger partial charge is 0.331 e. The molecule has 1 rings (SSSR count). The molecule has 1 aromatic rings. The fraction of sp³-hybridized carbons (Fsp3) is 0.333. The van der Waals surface area contributed by atoms with E-state index in [4.69, 9.17) is 5.26 Å². The molecule has 4 nitrogen and oxygen atoms in total. The minimum atomic E-state index is -0.0762. The van der Waals surface area contributed by atoms with E-state index in [9.17, 15) is 4.79 Å². The number of benzene rings is 1. The van der Waals surface area contributed by atoms with Crippen LogP contribution in [0.25, 0.3) is 0 Å². The summed E-state index contributed by atoms with van der Waals surface area (Å²) in [5, 5.41) is 8.92. The highest BCUT2D eigenvalue weighted by molar-refractivity contribution is 5.73. The van der Waals surface area contributed by atoms with E-state index in [1.807, 2.05) is 18.2 Å². The molecule has 0 aliphatic heterocycles. The SMILES string of the molecule is CN(C)C(=O)N(C)Cc1ccccc1C#N. The highest BCUT2D eigenvalue weighted by Gasteiger charge is 2.12. The number of hydrogen-bond acceptors (Lipinski definition) is 2. The number of hydrogen-bond donors (Lipinski definition) is 0. The van der Waals surface area contributed by atoms with Crippen LogP contribution < -0.4 is 0 Å². The number of amides is 2. The van der Waals surface area contributed by atoms with Gasteiger partial charge < -0.3 is 9.80 Å². The molecule has 0 aromatic heterocycles. The van der Waals surface area contributed by atoms with Crippen molar-refractivity contribution in [2.45, 2.75) is 6.54 Å². The van der Waals surface area contributed by atoms with Crippen LogP contribution in [-0.4, -0.2) is 37.0 Å². The van der Waals surface area contributed by atoms with Gasteiger partial charge in [0.25, 0.3) is 0 Å². The van der Waals surface area contributed by atoms with Crippen molar-refractivity contribution in [1.29, 1.82) is 5.26 Å². The first-order valence-corrected chi connectivity index (χ1v) is 4.96. The van der Waals surface area contributed by atoms with Crippen molar-refractivity contribution in [2.75, 3.05) is 21.1 Å². The molecular weight excluding hydrogens is 202 g/mol. The molecule has 0 saturated heterocycles. The number of rotatable bonds is 2. The minimum Gasteiger partial charge on any atom is -0.331 e. The van der Waals surface area contributed by atoms with Crippen LogP contribution in [-0.2, 0) is 6.54 Å². The minimum absolute atomic E-state index is 0.0762. The van der Waals surface area contributed by atoms with E-state index in [1.54, 1.807) is 32.1 Å². The Morgan fingerprint density at radius 3 is 2.50 bits per heavy atom. The molecule has 0 spiro atoms. The van der Waals surface area contributed by atoms with Gasteiger partial charge in [0.2, 0.25) is 0 Å². The Morgan fingerprint density at radius 1 is 1.31 bits per heavy atom. The molecule has 0 aliphatic rings. The first-order valence-electron chi connectivity index (χ1n) is 4.96. The van der Waals surface area contributed by atoms with E-state index < -0.39 is 0 Å². The molecule has 4 heteroatoms. The van der Waals surface area contributed by atoms with Gasteiger partial charge in [-0.15, -0.1) is 0 Å². The maximum Gasteiger partial charge on any atom is 0.319 e. The standard InChI is InChI=1S/C12H15N3O/c1-14(2)12(16)15(3)9-11-7-5-4-6-10(11)8-13/h4-7H,9H2,1-3H3. The zero-order valence-corrected chi connectivity index (χ0v) is 9.77. The Balaban J connectivity index is 2.81. The van der Waals surface area contributed by atoms with Crippen LogP contribution in [0.4, 0.5) is 4.79 Å². The second-order valence-corrected chi connectivity index (χ2v) is 3.80. The van der Waals surface area contributed by atoms with Gasteiger partial charge in [-0.2, -0.15) is 5.26 Å². The van der Waals surface area contributed by atoms with Crippen molar-refractivity contribution in [1.82, 2.24) is 9.80 Å². The number of urea groups is 1. The van der Waals surface area contributed by atoms with Crippen LogP contribution >= 0.6 is 0 Å². The van der Waals surface area contributed by atoms with E-state index in [2.05, 4.69) is 6.07 Å². The van der Waals surface area contributed by atoms with Gasteiger partial charge in [-0.1, -0.05) is 18.2 Å². The maximum atomic E-state index is 11.6. The molecule has 0 atom stereocenters. The summed E-state index contributed by atoms with van der Waals surface area (Å²) in [6, 6.07) is 9.33. The molecule has 84 valence electrons. The molecule has 16 heavy (non-hydrogen) atoms. The van der Waals surface area contributed by atoms with Crippen LogP contribution in [0.5, 0.6) is 0 Å². The Kier molecular flexibility index (Phi) is 3.90.